The fourth-order valence-electron chi connectivity index (χ4n) is 3.18. The zero-order valence-corrected chi connectivity index (χ0v) is 17.5. The van der Waals surface area contributed by atoms with Gasteiger partial charge in [0.2, 0.25) is 5.91 Å². The first-order chi connectivity index (χ1) is 13.5. The van der Waals surface area contributed by atoms with Crippen LogP contribution in [0.15, 0.2) is 24.3 Å². The van der Waals surface area contributed by atoms with Gasteiger partial charge in [0.25, 0.3) is 0 Å². The third-order valence-corrected chi connectivity index (χ3v) is 5.75. The van der Waals surface area contributed by atoms with Crippen molar-refractivity contribution in [1.82, 2.24) is 0 Å². The zero-order valence-electron chi connectivity index (χ0n) is 15.9. The van der Waals surface area contributed by atoms with E-state index in [2.05, 4.69) is 16.0 Å². The lowest BCUT2D eigenvalue weighted by atomic mass is 9.95. The molecule has 6 nitrogen and oxygen atoms in total. The number of rotatable bonds is 5. The molecule has 2 aromatic rings. The summed E-state index contributed by atoms with van der Waals surface area (Å²) in [6, 6.07) is 7.23. The molecule has 1 aliphatic carbocycles. The number of anilines is 3. The van der Waals surface area contributed by atoms with Crippen molar-refractivity contribution >= 4 is 56.9 Å². The molecule has 0 unspecified atom stereocenters. The van der Waals surface area contributed by atoms with Crippen molar-refractivity contribution in [2.45, 2.75) is 39.5 Å². The molecule has 0 aliphatic heterocycles. The van der Waals surface area contributed by atoms with E-state index in [1.807, 2.05) is 12.1 Å². The van der Waals surface area contributed by atoms with E-state index < -0.39 is 0 Å². The van der Waals surface area contributed by atoms with E-state index in [1.54, 1.807) is 30.4 Å². The fourth-order valence-corrected chi connectivity index (χ4v) is 4.75. The van der Waals surface area contributed by atoms with Gasteiger partial charge in [0.1, 0.15) is 5.00 Å². The van der Waals surface area contributed by atoms with Crippen LogP contribution < -0.4 is 16.0 Å². The number of carbonyl (C=O) groups excluding carboxylic acids is 2. The van der Waals surface area contributed by atoms with Gasteiger partial charge in [-0.05, 0) is 74.7 Å². The third kappa shape index (κ3) is 4.88. The van der Waals surface area contributed by atoms with Crippen LogP contribution in [-0.2, 0) is 22.4 Å². The summed E-state index contributed by atoms with van der Waals surface area (Å²) in [4.78, 5) is 24.8. The molecule has 3 rings (SSSR count). The monoisotopic (exact) mass is 417 g/mol. The standard InChI is InChI=1S/C20H23N3O3S2/c1-3-26-19(25)17-15-6-4-5-7-16(15)28-18(17)23-20(27)22-14-10-8-13(9-11-14)21-12(2)24/h8-11H,3-7H2,1-2H3,(H,21,24)(H2,22,23,27). The number of ether oxygens (including phenoxy) is 1. The molecule has 0 saturated heterocycles. The molecule has 148 valence electrons. The molecule has 28 heavy (non-hydrogen) atoms. The molecule has 0 saturated carbocycles. The maximum atomic E-state index is 12.5. The van der Waals surface area contributed by atoms with Crippen LogP contribution in [0.3, 0.4) is 0 Å². The highest BCUT2D eigenvalue weighted by Gasteiger charge is 2.26. The fraction of sp³-hybridized carbons (Fsp3) is 0.350. The van der Waals surface area contributed by atoms with Crippen LogP contribution in [0.5, 0.6) is 0 Å². The minimum absolute atomic E-state index is 0.119. The maximum absolute atomic E-state index is 12.5. The topological polar surface area (TPSA) is 79.5 Å². The molecule has 1 aliphatic rings. The number of carbonyl (C=O) groups is 2. The normalized spacial score (nSPS) is 12.6. The van der Waals surface area contributed by atoms with Gasteiger partial charge in [-0.2, -0.15) is 0 Å². The average Bonchev–Trinajstić information content (AvgIpc) is 3.00. The Kier molecular flexibility index (Phi) is 6.64. The van der Waals surface area contributed by atoms with Crippen LogP contribution >= 0.6 is 23.6 Å². The van der Waals surface area contributed by atoms with Crippen LogP contribution in [0.25, 0.3) is 0 Å². The molecule has 0 atom stereocenters. The highest BCUT2D eigenvalue weighted by molar-refractivity contribution is 7.80. The summed E-state index contributed by atoms with van der Waals surface area (Å²) < 4.78 is 5.27. The van der Waals surface area contributed by atoms with Crippen molar-refractivity contribution < 1.29 is 14.3 Å². The second-order valence-electron chi connectivity index (χ2n) is 6.47. The summed E-state index contributed by atoms with van der Waals surface area (Å²) in [6.45, 7) is 3.61. The minimum Gasteiger partial charge on any atom is -0.462 e. The highest BCUT2D eigenvalue weighted by atomic mass is 32.1. The second kappa shape index (κ2) is 9.16. The molecule has 1 aromatic carbocycles. The van der Waals surface area contributed by atoms with Gasteiger partial charge in [0.05, 0.1) is 12.2 Å². The molecule has 8 heteroatoms. The molecule has 1 heterocycles. The predicted octanol–water partition coefficient (Wildman–Crippen LogP) is 4.57. The van der Waals surface area contributed by atoms with Gasteiger partial charge in [0, 0.05) is 23.2 Å². The molecular formula is C20H23N3O3S2. The Labute approximate surface area is 173 Å². The summed E-state index contributed by atoms with van der Waals surface area (Å²) in [7, 11) is 0. The Morgan fingerprint density at radius 1 is 1.07 bits per heavy atom. The third-order valence-electron chi connectivity index (χ3n) is 4.34. The van der Waals surface area contributed by atoms with Gasteiger partial charge in [-0.15, -0.1) is 11.3 Å². The summed E-state index contributed by atoms with van der Waals surface area (Å²) in [5.74, 6) is -0.419. The van der Waals surface area contributed by atoms with Crippen molar-refractivity contribution in [3.63, 3.8) is 0 Å². The van der Waals surface area contributed by atoms with Crippen LogP contribution in [0, 0.1) is 0 Å². The Morgan fingerprint density at radius 3 is 2.36 bits per heavy atom. The number of hydrogen-bond donors (Lipinski definition) is 3. The van der Waals surface area contributed by atoms with Crippen LogP contribution in [-0.4, -0.2) is 23.6 Å². The second-order valence-corrected chi connectivity index (χ2v) is 7.99. The Bertz CT molecular complexity index is 891. The maximum Gasteiger partial charge on any atom is 0.341 e. The molecule has 1 aromatic heterocycles. The van der Waals surface area contributed by atoms with Crippen molar-refractivity contribution in [3.8, 4) is 0 Å². The SMILES string of the molecule is CCOC(=O)c1c(NC(=S)Nc2ccc(NC(C)=O)cc2)sc2c1CCCC2. The van der Waals surface area contributed by atoms with Crippen LogP contribution in [0.4, 0.5) is 16.4 Å². The van der Waals surface area contributed by atoms with E-state index in [-0.39, 0.29) is 11.9 Å². The molecular weight excluding hydrogens is 394 g/mol. The molecule has 0 radical (unpaired) electrons. The largest absolute Gasteiger partial charge is 0.462 e. The number of amides is 1. The molecule has 1 amide bonds. The van der Waals surface area contributed by atoms with Gasteiger partial charge < -0.3 is 20.7 Å². The first-order valence-electron chi connectivity index (χ1n) is 9.25. The number of thiophene rings is 1. The van der Waals surface area contributed by atoms with E-state index in [9.17, 15) is 9.59 Å². The number of esters is 1. The summed E-state index contributed by atoms with van der Waals surface area (Å²) in [5.41, 5.74) is 3.21. The highest BCUT2D eigenvalue weighted by Crippen LogP contribution is 2.38. The molecule has 3 N–H and O–H groups in total. The Hall–Kier alpha value is -2.45. The quantitative estimate of drug-likeness (QED) is 0.488. The number of benzene rings is 1. The van der Waals surface area contributed by atoms with Crippen LogP contribution in [0.1, 0.15) is 47.5 Å². The number of hydrogen-bond acceptors (Lipinski definition) is 5. The van der Waals surface area contributed by atoms with E-state index in [4.69, 9.17) is 17.0 Å². The number of aryl methyl sites for hydroxylation is 1. The van der Waals surface area contributed by atoms with E-state index in [1.165, 1.54) is 11.8 Å². The minimum atomic E-state index is -0.299. The lowest BCUT2D eigenvalue weighted by molar-refractivity contribution is -0.114. The first-order valence-corrected chi connectivity index (χ1v) is 10.5. The van der Waals surface area contributed by atoms with Gasteiger partial charge in [-0.25, -0.2) is 4.79 Å². The van der Waals surface area contributed by atoms with Crippen molar-refractivity contribution in [3.05, 3.63) is 40.3 Å². The number of fused-ring (bicyclic) bond motifs is 1. The van der Waals surface area contributed by atoms with Crippen molar-refractivity contribution in [2.24, 2.45) is 0 Å². The first kappa shape index (κ1) is 20.3. The molecule has 0 fully saturated rings. The van der Waals surface area contributed by atoms with E-state index >= 15 is 0 Å². The molecule has 0 bridgehead atoms. The van der Waals surface area contributed by atoms with Crippen LogP contribution in [0.2, 0.25) is 0 Å². The Morgan fingerprint density at radius 2 is 1.71 bits per heavy atom. The van der Waals surface area contributed by atoms with Gasteiger partial charge in [-0.3, -0.25) is 4.79 Å². The van der Waals surface area contributed by atoms with Crippen molar-refractivity contribution in [1.29, 1.82) is 0 Å². The summed E-state index contributed by atoms with van der Waals surface area (Å²) in [6.07, 6.45) is 4.10. The van der Waals surface area contributed by atoms with Gasteiger partial charge >= 0.3 is 5.97 Å². The van der Waals surface area contributed by atoms with Gasteiger partial charge in [-0.1, -0.05) is 0 Å². The summed E-state index contributed by atoms with van der Waals surface area (Å²) in [5, 5.41) is 10.1. The van der Waals surface area contributed by atoms with Crippen molar-refractivity contribution in [2.75, 3.05) is 22.6 Å². The lowest BCUT2D eigenvalue weighted by Gasteiger charge is -2.13. The average molecular weight is 418 g/mol. The van der Waals surface area contributed by atoms with E-state index in [0.29, 0.717) is 23.0 Å². The summed E-state index contributed by atoms with van der Waals surface area (Å²) >= 11 is 7.01. The lowest BCUT2D eigenvalue weighted by Crippen LogP contribution is -2.20. The Balaban J connectivity index is 1.73. The number of nitrogens with one attached hydrogen (secondary N) is 3. The van der Waals surface area contributed by atoms with Gasteiger partial charge in [0.15, 0.2) is 5.11 Å². The zero-order chi connectivity index (χ0) is 20.1. The predicted molar refractivity (Wildman–Crippen MR) is 118 cm³/mol. The smallest absolute Gasteiger partial charge is 0.341 e. The van der Waals surface area contributed by atoms with E-state index in [0.717, 1.165) is 41.9 Å². The molecule has 0 spiro atoms. The number of thiocarbonyl (C=S) groups is 1.